The highest BCUT2D eigenvalue weighted by atomic mass is 16.5. The molecule has 4 heteroatoms. The molecule has 19 heavy (non-hydrogen) atoms. The summed E-state index contributed by atoms with van der Waals surface area (Å²) in [5.74, 6) is 0.968. The maximum atomic E-state index is 12.6. The van der Waals surface area contributed by atoms with E-state index in [1.807, 2.05) is 0 Å². The highest BCUT2D eigenvalue weighted by molar-refractivity contribution is 5.82. The molecule has 2 saturated carbocycles. The largest absolute Gasteiger partial charge is 0.366 e. The zero-order valence-electron chi connectivity index (χ0n) is 11.8. The van der Waals surface area contributed by atoms with E-state index in [1.54, 1.807) is 0 Å². The first-order valence-corrected chi connectivity index (χ1v) is 7.97. The van der Waals surface area contributed by atoms with E-state index in [2.05, 4.69) is 10.2 Å². The normalized spacial score (nSPS) is 29.2. The minimum absolute atomic E-state index is 0.236. The van der Waals surface area contributed by atoms with Crippen LogP contribution in [0.15, 0.2) is 0 Å². The summed E-state index contributed by atoms with van der Waals surface area (Å²) in [7, 11) is 0. The number of carbonyl (C=O) groups is 1. The van der Waals surface area contributed by atoms with Gasteiger partial charge in [0, 0.05) is 25.7 Å². The molecular formula is C15H26N2O2. The Hall–Kier alpha value is -0.610. The van der Waals surface area contributed by atoms with Gasteiger partial charge in [0.05, 0.1) is 6.61 Å². The first kappa shape index (κ1) is 13.4. The van der Waals surface area contributed by atoms with E-state index in [0.29, 0.717) is 19.2 Å². The molecule has 1 atom stereocenters. The molecule has 1 unspecified atom stereocenters. The fraction of sp³-hybridized carbons (Fsp3) is 0.933. The lowest BCUT2D eigenvalue weighted by molar-refractivity contribution is -0.146. The van der Waals surface area contributed by atoms with Gasteiger partial charge >= 0.3 is 0 Å². The molecule has 4 nitrogen and oxygen atoms in total. The van der Waals surface area contributed by atoms with Crippen LogP contribution in [0.2, 0.25) is 0 Å². The average molecular weight is 266 g/mol. The lowest BCUT2D eigenvalue weighted by atomic mass is 9.89. The van der Waals surface area contributed by atoms with Gasteiger partial charge in [-0.3, -0.25) is 4.79 Å². The van der Waals surface area contributed by atoms with E-state index in [0.717, 1.165) is 19.0 Å². The lowest BCUT2D eigenvalue weighted by Gasteiger charge is -2.33. The molecule has 3 aliphatic rings. The van der Waals surface area contributed by atoms with Gasteiger partial charge in [-0.2, -0.15) is 0 Å². The molecule has 1 heterocycles. The Morgan fingerprint density at radius 1 is 1.16 bits per heavy atom. The predicted octanol–water partition coefficient (Wildman–Crippen LogP) is 1.55. The van der Waals surface area contributed by atoms with Crippen molar-refractivity contribution in [3.63, 3.8) is 0 Å². The first-order valence-electron chi connectivity index (χ1n) is 7.97. The zero-order valence-corrected chi connectivity index (χ0v) is 11.8. The van der Waals surface area contributed by atoms with Gasteiger partial charge in [0.2, 0.25) is 0 Å². The van der Waals surface area contributed by atoms with E-state index in [9.17, 15) is 4.79 Å². The summed E-state index contributed by atoms with van der Waals surface area (Å²) in [4.78, 5) is 14.8. The Morgan fingerprint density at radius 2 is 1.95 bits per heavy atom. The van der Waals surface area contributed by atoms with Crippen molar-refractivity contribution in [1.82, 2.24) is 10.2 Å². The van der Waals surface area contributed by atoms with E-state index in [4.69, 9.17) is 4.74 Å². The van der Waals surface area contributed by atoms with Crippen LogP contribution in [0, 0.1) is 5.92 Å². The molecule has 0 aromatic heterocycles. The molecular weight excluding hydrogens is 240 g/mol. The quantitative estimate of drug-likeness (QED) is 0.839. The molecule has 2 aliphatic carbocycles. The van der Waals surface area contributed by atoms with Crippen LogP contribution in [0.1, 0.15) is 44.9 Å². The van der Waals surface area contributed by atoms with Crippen molar-refractivity contribution in [2.24, 2.45) is 5.92 Å². The van der Waals surface area contributed by atoms with Gasteiger partial charge in [-0.05, 0) is 31.6 Å². The summed E-state index contributed by atoms with van der Waals surface area (Å²) in [6.45, 7) is 3.20. The van der Waals surface area contributed by atoms with Gasteiger partial charge < -0.3 is 15.0 Å². The number of ether oxygens (including phenoxy) is 1. The van der Waals surface area contributed by atoms with Crippen molar-refractivity contribution in [3.8, 4) is 0 Å². The molecule has 3 fully saturated rings. The number of hydrogen-bond donors (Lipinski definition) is 1. The van der Waals surface area contributed by atoms with E-state index < -0.39 is 0 Å². The van der Waals surface area contributed by atoms with Crippen molar-refractivity contribution in [3.05, 3.63) is 0 Å². The van der Waals surface area contributed by atoms with Crippen molar-refractivity contribution in [2.45, 2.75) is 57.1 Å². The topological polar surface area (TPSA) is 41.6 Å². The van der Waals surface area contributed by atoms with Crippen LogP contribution in [0.3, 0.4) is 0 Å². The Bertz CT molecular complexity index is 305. The summed E-state index contributed by atoms with van der Waals surface area (Å²) in [5.41, 5.74) is 0. The summed E-state index contributed by atoms with van der Waals surface area (Å²) >= 11 is 0. The molecule has 0 aromatic carbocycles. The molecule has 1 N–H and O–H groups in total. The van der Waals surface area contributed by atoms with Crippen molar-refractivity contribution in [1.29, 1.82) is 0 Å². The van der Waals surface area contributed by atoms with E-state index >= 15 is 0 Å². The SMILES string of the molecule is O=C(C1CNCCO1)N(CC1CCCCC1)C1CC1. The smallest absolute Gasteiger partial charge is 0.253 e. The molecule has 3 rings (SSSR count). The van der Waals surface area contributed by atoms with Crippen LogP contribution < -0.4 is 5.32 Å². The second kappa shape index (κ2) is 6.23. The first-order chi connectivity index (χ1) is 9.34. The maximum Gasteiger partial charge on any atom is 0.253 e. The number of carbonyl (C=O) groups excluding carboxylic acids is 1. The van der Waals surface area contributed by atoms with Crippen LogP contribution in [-0.4, -0.2) is 49.2 Å². The van der Waals surface area contributed by atoms with Crippen LogP contribution in [0.25, 0.3) is 0 Å². The summed E-state index contributed by atoms with van der Waals surface area (Å²) in [5, 5.41) is 3.26. The van der Waals surface area contributed by atoms with Gasteiger partial charge in [-0.1, -0.05) is 19.3 Å². The Labute approximate surface area is 115 Å². The monoisotopic (exact) mass is 266 g/mol. The Morgan fingerprint density at radius 3 is 2.58 bits per heavy atom. The highest BCUT2D eigenvalue weighted by Gasteiger charge is 2.37. The number of rotatable bonds is 4. The van der Waals surface area contributed by atoms with Crippen molar-refractivity contribution in [2.75, 3.05) is 26.2 Å². The molecule has 0 radical (unpaired) electrons. The number of nitrogens with zero attached hydrogens (tertiary/aromatic N) is 1. The third-order valence-electron chi connectivity index (χ3n) is 4.65. The van der Waals surface area contributed by atoms with E-state index in [1.165, 1.54) is 44.9 Å². The maximum absolute atomic E-state index is 12.6. The minimum Gasteiger partial charge on any atom is -0.366 e. The molecule has 1 amide bonds. The van der Waals surface area contributed by atoms with Crippen LogP contribution in [-0.2, 0) is 9.53 Å². The van der Waals surface area contributed by atoms with Gasteiger partial charge in [0.25, 0.3) is 5.91 Å². The average Bonchev–Trinajstić information content (AvgIpc) is 3.31. The van der Waals surface area contributed by atoms with Crippen molar-refractivity contribution < 1.29 is 9.53 Å². The number of morpholine rings is 1. The number of hydrogen-bond acceptors (Lipinski definition) is 3. The molecule has 0 spiro atoms. The van der Waals surface area contributed by atoms with Crippen LogP contribution in [0.4, 0.5) is 0 Å². The van der Waals surface area contributed by atoms with E-state index in [-0.39, 0.29) is 12.0 Å². The van der Waals surface area contributed by atoms with Gasteiger partial charge in [0.15, 0.2) is 0 Å². The molecule has 108 valence electrons. The molecule has 0 aromatic rings. The fourth-order valence-electron chi connectivity index (χ4n) is 3.36. The number of nitrogens with one attached hydrogen (secondary N) is 1. The molecule has 1 saturated heterocycles. The van der Waals surface area contributed by atoms with Crippen LogP contribution >= 0.6 is 0 Å². The fourth-order valence-corrected chi connectivity index (χ4v) is 3.36. The third-order valence-corrected chi connectivity index (χ3v) is 4.65. The molecule has 0 bridgehead atoms. The van der Waals surface area contributed by atoms with Gasteiger partial charge in [-0.25, -0.2) is 0 Å². The zero-order chi connectivity index (χ0) is 13.1. The summed E-state index contributed by atoms with van der Waals surface area (Å²) in [6.07, 6.45) is 8.83. The summed E-state index contributed by atoms with van der Waals surface area (Å²) < 4.78 is 5.63. The third kappa shape index (κ3) is 3.48. The van der Waals surface area contributed by atoms with Crippen molar-refractivity contribution >= 4 is 5.91 Å². The number of amides is 1. The van der Waals surface area contributed by atoms with Gasteiger partial charge in [-0.15, -0.1) is 0 Å². The van der Waals surface area contributed by atoms with Gasteiger partial charge in [0.1, 0.15) is 6.10 Å². The molecule has 1 aliphatic heterocycles. The minimum atomic E-state index is -0.238. The lowest BCUT2D eigenvalue weighted by Crippen LogP contribution is -2.51. The standard InChI is InChI=1S/C15H26N2O2/c18-15(14-10-16-8-9-19-14)17(13-6-7-13)11-12-4-2-1-3-5-12/h12-14,16H,1-11H2. The Balaban J connectivity index is 1.57. The second-order valence-electron chi connectivity index (χ2n) is 6.29. The Kier molecular flexibility index (Phi) is 4.38. The second-order valence-corrected chi connectivity index (χ2v) is 6.29. The summed E-state index contributed by atoms with van der Waals surface area (Å²) in [6, 6.07) is 0.514. The van der Waals surface area contributed by atoms with Crippen LogP contribution in [0.5, 0.6) is 0 Å². The predicted molar refractivity (Wildman–Crippen MR) is 73.9 cm³/mol. The highest BCUT2D eigenvalue weighted by Crippen LogP contribution is 2.32.